The lowest BCUT2D eigenvalue weighted by Gasteiger charge is -2.10. The number of nitrogens with zero attached hydrogens (tertiary/aromatic N) is 3. The van der Waals surface area contributed by atoms with Gasteiger partial charge in [0, 0.05) is 23.5 Å². The molecule has 0 radical (unpaired) electrons. The van der Waals surface area contributed by atoms with Crippen LogP contribution in [0, 0.1) is 17.0 Å². The Bertz CT molecular complexity index is 1090. The minimum atomic E-state index is -0.527. The Morgan fingerprint density at radius 1 is 1.19 bits per heavy atom. The number of amides is 1. The Labute approximate surface area is 186 Å². The first-order chi connectivity index (χ1) is 14.9. The van der Waals surface area contributed by atoms with E-state index < -0.39 is 4.92 Å². The van der Waals surface area contributed by atoms with Gasteiger partial charge >= 0.3 is 5.69 Å². The monoisotopic (exact) mass is 461 g/mol. The molecule has 0 fully saturated rings. The number of benzene rings is 2. The fraction of sp³-hybridized carbons (Fsp3) is 0.211. The van der Waals surface area contributed by atoms with E-state index >= 15 is 0 Å². The topological polar surface area (TPSA) is 129 Å². The molecule has 1 heterocycles. The van der Waals surface area contributed by atoms with Gasteiger partial charge in [-0.1, -0.05) is 23.1 Å². The number of nitro benzene ring substituents is 1. The highest BCUT2D eigenvalue weighted by molar-refractivity contribution is 8.01. The lowest BCUT2D eigenvalue weighted by molar-refractivity contribution is -0.385. The van der Waals surface area contributed by atoms with Crippen LogP contribution in [0.25, 0.3) is 0 Å². The number of aryl methyl sites for hydroxylation is 1. The van der Waals surface area contributed by atoms with Gasteiger partial charge < -0.3 is 20.1 Å². The summed E-state index contributed by atoms with van der Waals surface area (Å²) in [6.07, 6.45) is 0. The molecule has 0 saturated carbocycles. The molecule has 0 saturated heterocycles. The van der Waals surface area contributed by atoms with Gasteiger partial charge in [0.25, 0.3) is 0 Å². The van der Waals surface area contributed by atoms with Crippen molar-refractivity contribution in [2.24, 2.45) is 0 Å². The minimum Gasteiger partial charge on any atom is -0.497 e. The van der Waals surface area contributed by atoms with E-state index in [9.17, 15) is 14.9 Å². The van der Waals surface area contributed by atoms with E-state index in [1.807, 2.05) is 24.3 Å². The Morgan fingerprint density at radius 2 is 1.94 bits per heavy atom. The number of carbonyl (C=O) groups excluding carboxylic acids is 1. The highest BCUT2D eigenvalue weighted by Gasteiger charge is 2.18. The number of thioether (sulfide) groups is 1. The summed E-state index contributed by atoms with van der Waals surface area (Å²) in [5, 5.41) is 25.7. The molecular weight excluding hydrogens is 442 g/mol. The van der Waals surface area contributed by atoms with Crippen molar-refractivity contribution in [1.29, 1.82) is 0 Å². The molecule has 162 valence electrons. The molecule has 0 aliphatic heterocycles. The first-order valence-electron chi connectivity index (χ1n) is 8.90. The maximum atomic E-state index is 12.3. The zero-order valence-corrected chi connectivity index (χ0v) is 18.5. The second-order valence-corrected chi connectivity index (χ2v) is 8.36. The van der Waals surface area contributed by atoms with Gasteiger partial charge in [-0.3, -0.25) is 14.9 Å². The van der Waals surface area contributed by atoms with Crippen molar-refractivity contribution in [2.45, 2.75) is 11.3 Å². The van der Waals surface area contributed by atoms with E-state index in [0.29, 0.717) is 20.7 Å². The van der Waals surface area contributed by atoms with Gasteiger partial charge in [-0.15, -0.1) is 10.2 Å². The lowest BCUT2D eigenvalue weighted by atomic mass is 10.1. The summed E-state index contributed by atoms with van der Waals surface area (Å²) in [6.45, 7) is 1.68. The molecular formula is C19H19N5O5S2. The zero-order valence-electron chi connectivity index (χ0n) is 16.9. The number of anilines is 3. The fourth-order valence-electron chi connectivity index (χ4n) is 2.54. The fourth-order valence-corrected chi connectivity index (χ4v) is 4.12. The maximum Gasteiger partial charge on any atom is 0.311 e. The van der Waals surface area contributed by atoms with E-state index in [1.54, 1.807) is 14.0 Å². The van der Waals surface area contributed by atoms with Crippen LogP contribution in [-0.2, 0) is 4.79 Å². The molecule has 0 bridgehead atoms. The highest BCUT2D eigenvalue weighted by atomic mass is 32.2. The molecule has 10 nitrogen and oxygen atoms in total. The number of carbonyl (C=O) groups is 1. The second kappa shape index (κ2) is 10.1. The Balaban J connectivity index is 1.57. The van der Waals surface area contributed by atoms with Gasteiger partial charge in [0.2, 0.25) is 11.0 Å². The van der Waals surface area contributed by atoms with Crippen molar-refractivity contribution in [3.05, 3.63) is 52.1 Å². The molecule has 12 heteroatoms. The molecule has 3 aromatic rings. The van der Waals surface area contributed by atoms with Crippen LogP contribution < -0.4 is 20.1 Å². The molecule has 0 atom stereocenters. The molecule has 0 aliphatic carbocycles. The number of rotatable bonds is 9. The van der Waals surface area contributed by atoms with E-state index in [0.717, 1.165) is 11.4 Å². The van der Waals surface area contributed by atoms with E-state index in [-0.39, 0.29) is 23.1 Å². The third-order valence-electron chi connectivity index (χ3n) is 4.07. The van der Waals surface area contributed by atoms with E-state index in [1.165, 1.54) is 42.3 Å². The van der Waals surface area contributed by atoms with Crippen LogP contribution in [0.5, 0.6) is 11.5 Å². The van der Waals surface area contributed by atoms with Crippen LogP contribution in [-0.4, -0.2) is 41.0 Å². The predicted molar refractivity (Wildman–Crippen MR) is 120 cm³/mol. The van der Waals surface area contributed by atoms with Crippen LogP contribution >= 0.6 is 23.1 Å². The molecule has 0 unspecified atom stereocenters. The Morgan fingerprint density at radius 3 is 2.58 bits per heavy atom. The second-order valence-electron chi connectivity index (χ2n) is 6.16. The number of nitro groups is 1. The van der Waals surface area contributed by atoms with Crippen molar-refractivity contribution in [3.63, 3.8) is 0 Å². The molecule has 31 heavy (non-hydrogen) atoms. The lowest BCUT2D eigenvalue weighted by Crippen LogP contribution is -2.15. The highest BCUT2D eigenvalue weighted by Crippen LogP contribution is 2.33. The summed E-state index contributed by atoms with van der Waals surface area (Å²) in [6, 6.07) is 10.2. The van der Waals surface area contributed by atoms with Gasteiger partial charge in [0.05, 0.1) is 24.9 Å². The molecule has 1 amide bonds. The van der Waals surface area contributed by atoms with Crippen LogP contribution in [0.1, 0.15) is 5.56 Å². The number of methoxy groups -OCH3 is 2. The van der Waals surface area contributed by atoms with Gasteiger partial charge in [-0.25, -0.2) is 0 Å². The largest absolute Gasteiger partial charge is 0.497 e. The number of hydrogen-bond donors (Lipinski definition) is 2. The summed E-state index contributed by atoms with van der Waals surface area (Å²) in [7, 11) is 2.94. The summed E-state index contributed by atoms with van der Waals surface area (Å²) in [5.41, 5.74) is 1.70. The minimum absolute atomic E-state index is 0.0805. The zero-order chi connectivity index (χ0) is 22.4. The molecule has 3 rings (SSSR count). The van der Waals surface area contributed by atoms with E-state index in [2.05, 4.69) is 20.8 Å². The van der Waals surface area contributed by atoms with Crippen LogP contribution in [0.2, 0.25) is 0 Å². The average molecular weight is 462 g/mol. The number of hydrogen-bond acceptors (Lipinski definition) is 10. The van der Waals surface area contributed by atoms with Crippen molar-refractivity contribution >= 4 is 51.2 Å². The van der Waals surface area contributed by atoms with Gasteiger partial charge in [-0.2, -0.15) is 0 Å². The molecule has 1 aromatic heterocycles. The third kappa shape index (κ3) is 5.83. The van der Waals surface area contributed by atoms with Crippen molar-refractivity contribution in [2.75, 3.05) is 30.6 Å². The van der Waals surface area contributed by atoms with E-state index in [4.69, 9.17) is 9.47 Å². The van der Waals surface area contributed by atoms with Gasteiger partial charge in [0.1, 0.15) is 5.75 Å². The normalized spacial score (nSPS) is 10.4. The van der Waals surface area contributed by atoms with Gasteiger partial charge in [-0.05, 0) is 36.8 Å². The molecule has 2 aromatic carbocycles. The summed E-state index contributed by atoms with van der Waals surface area (Å²) < 4.78 is 10.8. The first kappa shape index (κ1) is 22.3. The number of ether oxygens (including phenoxy) is 2. The summed E-state index contributed by atoms with van der Waals surface area (Å²) >= 11 is 2.57. The molecule has 0 aliphatic rings. The Hall–Kier alpha value is -3.38. The van der Waals surface area contributed by atoms with Crippen molar-refractivity contribution in [1.82, 2.24) is 10.2 Å². The molecule has 2 N–H and O–H groups in total. The quantitative estimate of drug-likeness (QED) is 0.273. The smallest absolute Gasteiger partial charge is 0.311 e. The SMILES string of the molecule is COc1ccc(Nc2nnc(SCC(=O)Nc3cc(OC)c([N+](=O)[O-])cc3C)s2)cc1. The third-order valence-corrected chi connectivity index (χ3v) is 6.04. The van der Waals surface area contributed by atoms with Crippen LogP contribution in [0.4, 0.5) is 22.2 Å². The maximum absolute atomic E-state index is 12.3. The van der Waals surface area contributed by atoms with Crippen molar-refractivity contribution in [3.8, 4) is 11.5 Å². The summed E-state index contributed by atoms with van der Waals surface area (Å²) in [5.74, 6) is 0.669. The average Bonchev–Trinajstić information content (AvgIpc) is 3.21. The number of nitrogens with one attached hydrogen (secondary N) is 2. The van der Waals surface area contributed by atoms with Crippen LogP contribution in [0.15, 0.2) is 40.7 Å². The standard InChI is InChI=1S/C19H19N5O5S2/c1-11-8-15(24(26)27)16(29-3)9-14(11)21-17(25)10-30-19-23-22-18(31-19)20-12-4-6-13(28-2)7-5-12/h4-9H,10H2,1-3H3,(H,20,22)(H,21,25). The first-order valence-corrected chi connectivity index (χ1v) is 10.7. The van der Waals surface area contributed by atoms with Crippen molar-refractivity contribution < 1.29 is 19.2 Å². The predicted octanol–water partition coefficient (Wildman–Crippen LogP) is 4.25. The van der Waals surface area contributed by atoms with Gasteiger partial charge in [0.15, 0.2) is 10.1 Å². The Kier molecular flexibility index (Phi) is 7.26. The number of aromatic nitrogens is 2. The summed E-state index contributed by atoms with van der Waals surface area (Å²) in [4.78, 5) is 22.9. The van der Waals surface area contributed by atoms with Crippen LogP contribution in [0.3, 0.4) is 0 Å². The molecule has 0 spiro atoms.